The Labute approximate surface area is 95.8 Å². The minimum absolute atomic E-state index is 0.501. The zero-order chi connectivity index (χ0) is 13.2. The Hall–Kier alpha value is -2.13. The number of benzene rings is 1. The number of urea groups is 1. The minimum atomic E-state index is -4.51. The molecule has 0 aromatic heterocycles. The van der Waals surface area contributed by atoms with Crippen molar-refractivity contribution in [1.29, 1.82) is 0 Å². The van der Waals surface area contributed by atoms with Gasteiger partial charge in [0.05, 0.1) is 10.5 Å². The van der Waals surface area contributed by atoms with Gasteiger partial charge in [0, 0.05) is 0 Å². The molecule has 0 spiro atoms. The summed E-state index contributed by atoms with van der Waals surface area (Å²) in [6, 6.07) is 1.33. The highest BCUT2D eigenvalue weighted by Crippen LogP contribution is 2.21. The SMILES string of the molecule is NC(=O)NC(=O)c1cc(S(=O)(=O)O)ccc1O. The molecule has 0 bridgehead atoms. The molecule has 92 valence electrons. The third kappa shape index (κ3) is 3.16. The molecule has 0 atom stereocenters. The van der Waals surface area contributed by atoms with Gasteiger partial charge in [0.2, 0.25) is 0 Å². The molecule has 1 aromatic rings. The topological polar surface area (TPSA) is 147 Å². The summed E-state index contributed by atoms with van der Waals surface area (Å²) in [5.41, 5.74) is 4.18. The summed E-state index contributed by atoms with van der Waals surface area (Å²) in [6.45, 7) is 0. The normalized spacial score (nSPS) is 10.9. The second kappa shape index (κ2) is 4.39. The molecule has 0 aliphatic carbocycles. The van der Waals surface area contributed by atoms with Gasteiger partial charge in [-0.15, -0.1) is 0 Å². The van der Waals surface area contributed by atoms with E-state index in [1.807, 2.05) is 0 Å². The van der Waals surface area contributed by atoms with Crippen LogP contribution in [0.2, 0.25) is 0 Å². The van der Waals surface area contributed by atoms with Gasteiger partial charge < -0.3 is 10.8 Å². The van der Waals surface area contributed by atoms with Gasteiger partial charge in [-0.05, 0) is 18.2 Å². The number of amides is 3. The number of nitrogens with two attached hydrogens (primary N) is 1. The maximum Gasteiger partial charge on any atom is 0.319 e. The van der Waals surface area contributed by atoms with Crippen LogP contribution in [0.5, 0.6) is 5.75 Å². The van der Waals surface area contributed by atoms with E-state index in [1.165, 1.54) is 0 Å². The van der Waals surface area contributed by atoms with Gasteiger partial charge in [0.15, 0.2) is 0 Å². The molecule has 0 aliphatic rings. The maximum absolute atomic E-state index is 11.3. The molecule has 0 fully saturated rings. The number of hydrogen-bond acceptors (Lipinski definition) is 5. The number of imide groups is 1. The monoisotopic (exact) mass is 260 g/mol. The van der Waals surface area contributed by atoms with Crippen LogP contribution >= 0.6 is 0 Å². The molecule has 0 saturated carbocycles. The molecule has 0 heterocycles. The van der Waals surface area contributed by atoms with Gasteiger partial charge in [-0.3, -0.25) is 14.7 Å². The first-order valence-electron chi connectivity index (χ1n) is 4.13. The van der Waals surface area contributed by atoms with Crippen LogP contribution < -0.4 is 11.1 Å². The van der Waals surface area contributed by atoms with E-state index in [4.69, 9.17) is 4.55 Å². The van der Waals surface area contributed by atoms with Crippen molar-refractivity contribution in [2.45, 2.75) is 4.90 Å². The summed E-state index contributed by atoms with van der Waals surface area (Å²) in [7, 11) is -4.51. The standard InChI is InChI=1S/C8H8N2O6S/c9-8(13)10-7(12)5-3-4(17(14,15)16)1-2-6(5)11/h1-3,11H,(H,14,15,16)(H3,9,10,12,13). The van der Waals surface area contributed by atoms with Crippen molar-refractivity contribution in [3.05, 3.63) is 23.8 Å². The fourth-order valence-electron chi connectivity index (χ4n) is 1.04. The first kappa shape index (κ1) is 12.9. The van der Waals surface area contributed by atoms with Crippen molar-refractivity contribution in [3.8, 4) is 5.75 Å². The lowest BCUT2D eigenvalue weighted by atomic mass is 10.2. The predicted octanol–water partition coefficient (Wildman–Crippen LogP) is -0.553. The summed E-state index contributed by atoms with van der Waals surface area (Å²) in [5.74, 6) is -1.64. The Morgan fingerprint density at radius 2 is 1.88 bits per heavy atom. The van der Waals surface area contributed by atoms with Crippen LogP contribution in [0.25, 0.3) is 0 Å². The zero-order valence-electron chi connectivity index (χ0n) is 8.25. The number of nitrogens with one attached hydrogen (secondary N) is 1. The molecule has 5 N–H and O–H groups in total. The minimum Gasteiger partial charge on any atom is -0.507 e. The van der Waals surface area contributed by atoms with Crippen molar-refractivity contribution in [1.82, 2.24) is 5.32 Å². The number of carbonyl (C=O) groups excluding carboxylic acids is 2. The molecule has 9 heteroatoms. The molecule has 17 heavy (non-hydrogen) atoms. The molecular weight excluding hydrogens is 252 g/mol. The van der Waals surface area contributed by atoms with Gasteiger partial charge in [-0.2, -0.15) is 8.42 Å². The molecule has 0 unspecified atom stereocenters. The van der Waals surface area contributed by atoms with Crippen molar-refractivity contribution < 1.29 is 27.7 Å². The summed E-state index contributed by atoms with van der Waals surface area (Å²) in [6.07, 6.45) is 0. The Balaban J connectivity index is 3.25. The number of carbonyl (C=O) groups is 2. The van der Waals surface area contributed by atoms with E-state index in [9.17, 15) is 23.1 Å². The fourth-order valence-corrected chi connectivity index (χ4v) is 1.54. The highest BCUT2D eigenvalue weighted by atomic mass is 32.2. The molecule has 8 nitrogen and oxygen atoms in total. The number of primary amides is 1. The van der Waals surface area contributed by atoms with Crippen LogP contribution in [-0.2, 0) is 10.1 Å². The highest BCUT2D eigenvalue weighted by Gasteiger charge is 2.17. The molecular formula is C8H8N2O6S. The van der Waals surface area contributed by atoms with E-state index in [0.717, 1.165) is 12.1 Å². The van der Waals surface area contributed by atoms with Crippen molar-refractivity contribution >= 4 is 22.1 Å². The third-order valence-corrected chi connectivity index (χ3v) is 2.60. The Morgan fingerprint density at radius 3 is 2.35 bits per heavy atom. The van der Waals surface area contributed by atoms with E-state index in [2.05, 4.69) is 5.73 Å². The fraction of sp³-hybridized carbons (Fsp3) is 0. The first-order chi connectivity index (χ1) is 7.71. The second-order valence-electron chi connectivity index (χ2n) is 2.97. The smallest absolute Gasteiger partial charge is 0.319 e. The summed E-state index contributed by atoms with van der Waals surface area (Å²) in [4.78, 5) is 21.1. The summed E-state index contributed by atoms with van der Waals surface area (Å²) in [5, 5.41) is 10.9. The van der Waals surface area contributed by atoms with E-state index in [1.54, 1.807) is 5.32 Å². The van der Waals surface area contributed by atoms with E-state index >= 15 is 0 Å². The van der Waals surface area contributed by atoms with Crippen LogP contribution in [0.15, 0.2) is 23.1 Å². The molecule has 0 radical (unpaired) electrons. The number of rotatable bonds is 2. The Morgan fingerprint density at radius 1 is 1.29 bits per heavy atom. The van der Waals surface area contributed by atoms with E-state index in [0.29, 0.717) is 6.07 Å². The van der Waals surface area contributed by atoms with Gasteiger partial charge in [0.25, 0.3) is 16.0 Å². The Kier molecular flexibility index (Phi) is 3.34. The lowest BCUT2D eigenvalue weighted by molar-refractivity contribution is 0.0963. The van der Waals surface area contributed by atoms with E-state index in [-0.39, 0.29) is 0 Å². The molecule has 3 amide bonds. The van der Waals surface area contributed by atoms with Crippen molar-refractivity contribution in [3.63, 3.8) is 0 Å². The first-order valence-corrected chi connectivity index (χ1v) is 5.57. The number of phenolic OH excluding ortho intramolecular Hbond substituents is 1. The summed E-state index contributed by atoms with van der Waals surface area (Å²) < 4.78 is 30.3. The van der Waals surface area contributed by atoms with Crippen molar-refractivity contribution in [2.24, 2.45) is 5.73 Å². The second-order valence-corrected chi connectivity index (χ2v) is 4.39. The van der Waals surface area contributed by atoms with E-state index < -0.39 is 38.3 Å². The molecule has 1 rings (SSSR count). The van der Waals surface area contributed by atoms with Gasteiger partial charge in [-0.25, -0.2) is 4.79 Å². The predicted molar refractivity (Wildman–Crippen MR) is 55.0 cm³/mol. The zero-order valence-corrected chi connectivity index (χ0v) is 9.06. The maximum atomic E-state index is 11.3. The van der Waals surface area contributed by atoms with Crippen molar-refractivity contribution in [2.75, 3.05) is 0 Å². The quantitative estimate of drug-likeness (QED) is 0.524. The van der Waals surface area contributed by atoms with Gasteiger partial charge >= 0.3 is 6.03 Å². The lowest BCUT2D eigenvalue weighted by Gasteiger charge is -2.05. The van der Waals surface area contributed by atoms with Crippen LogP contribution in [-0.4, -0.2) is 30.0 Å². The molecule has 0 aliphatic heterocycles. The van der Waals surface area contributed by atoms with Crippen LogP contribution in [0.1, 0.15) is 10.4 Å². The molecule has 0 saturated heterocycles. The average Bonchev–Trinajstić information content (AvgIpc) is 2.15. The molecule has 1 aromatic carbocycles. The largest absolute Gasteiger partial charge is 0.507 e. The number of hydrogen-bond donors (Lipinski definition) is 4. The number of phenols is 1. The lowest BCUT2D eigenvalue weighted by Crippen LogP contribution is -2.35. The van der Waals surface area contributed by atoms with Gasteiger partial charge in [-0.1, -0.05) is 0 Å². The van der Waals surface area contributed by atoms with Crippen LogP contribution in [0.4, 0.5) is 4.79 Å². The summed E-state index contributed by atoms with van der Waals surface area (Å²) >= 11 is 0. The van der Waals surface area contributed by atoms with Gasteiger partial charge in [0.1, 0.15) is 5.75 Å². The third-order valence-electron chi connectivity index (χ3n) is 1.75. The Bertz CT molecular complexity index is 580. The van der Waals surface area contributed by atoms with Crippen LogP contribution in [0.3, 0.4) is 0 Å². The number of aromatic hydroxyl groups is 1. The highest BCUT2D eigenvalue weighted by molar-refractivity contribution is 7.85. The average molecular weight is 260 g/mol. The van der Waals surface area contributed by atoms with Crippen LogP contribution in [0, 0.1) is 0 Å².